The van der Waals surface area contributed by atoms with Crippen molar-refractivity contribution in [2.24, 2.45) is 11.8 Å². The zero-order valence-corrected chi connectivity index (χ0v) is 29.9. The molecule has 0 radical (unpaired) electrons. The molecule has 4 nitrogen and oxygen atoms in total. The van der Waals surface area contributed by atoms with Crippen molar-refractivity contribution in [3.63, 3.8) is 0 Å². The summed E-state index contributed by atoms with van der Waals surface area (Å²) in [6, 6.07) is 14.7. The molecule has 0 unspecified atom stereocenters. The van der Waals surface area contributed by atoms with Crippen LogP contribution in [0.3, 0.4) is 0 Å². The smallest absolute Gasteiger partial charge is 0.250 e. The van der Waals surface area contributed by atoms with Crippen LogP contribution in [-0.4, -0.2) is 42.0 Å². The number of hydrogen-bond donors (Lipinski definition) is 1. The molecule has 2 aromatic carbocycles. The largest absolute Gasteiger partial charge is 1.00 e. The van der Waals surface area contributed by atoms with Gasteiger partial charge in [-0.2, -0.15) is 0 Å². The third-order valence-corrected chi connectivity index (χ3v) is 15.3. The molecule has 216 valence electrons. The highest BCUT2D eigenvalue weighted by atomic mass is 79.9. The van der Waals surface area contributed by atoms with Gasteiger partial charge in [0.25, 0.3) is 8.32 Å². The molecule has 6 rings (SSSR count). The molecule has 4 heterocycles. The Bertz CT molecular complexity index is 1360. The lowest BCUT2D eigenvalue weighted by molar-refractivity contribution is -0.984. The van der Waals surface area contributed by atoms with E-state index in [1.807, 2.05) is 30.5 Å². The summed E-state index contributed by atoms with van der Waals surface area (Å²) in [6.45, 7) is 18.5. The van der Waals surface area contributed by atoms with E-state index in [0.29, 0.717) is 11.8 Å². The summed E-state index contributed by atoms with van der Waals surface area (Å²) in [4.78, 5) is 4.55. The number of halogens is 3. The van der Waals surface area contributed by atoms with Crippen molar-refractivity contribution in [2.75, 3.05) is 13.1 Å². The molecule has 5 atom stereocenters. The fourth-order valence-corrected chi connectivity index (χ4v) is 9.32. The number of aliphatic hydroxyl groups is 1. The van der Waals surface area contributed by atoms with Crippen molar-refractivity contribution in [3.8, 4) is 5.75 Å². The molecule has 1 aromatic heterocycles. The number of fused-ring (bicyclic) bond motifs is 4. The first-order chi connectivity index (χ1) is 18.3. The van der Waals surface area contributed by atoms with E-state index in [2.05, 4.69) is 102 Å². The summed E-state index contributed by atoms with van der Waals surface area (Å²) in [5, 5.41) is 13.2. The van der Waals surface area contributed by atoms with E-state index in [0.717, 1.165) is 61.7 Å². The van der Waals surface area contributed by atoms with Crippen molar-refractivity contribution < 1.29 is 31.0 Å². The molecule has 0 amide bonds. The third kappa shape index (κ3) is 5.91. The van der Waals surface area contributed by atoms with E-state index in [9.17, 15) is 5.11 Å². The minimum atomic E-state index is -2.00. The average Bonchev–Trinajstić information content (AvgIpc) is 2.89. The third-order valence-electron chi connectivity index (χ3n) is 9.76. The van der Waals surface area contributed by atoms with Crippen LogP contribution in [-0.2, 0) is 6.54 Å². The molecule has 3 aliphatic heterocycles. The first-order valence-electron chi connectivity index (χ1n) is 14.0. The molecule has 8 heteroatoms. The van der Waals surface area contributed by atoms with Gasteiger partial charge in [0.2, 0.25) is 0 Å². The number of nitrogens with zero attached hydrogens (tertiary/aromatic N) is 2. The number of quaternary nitrogens is 1. The van der Waals surface area contributed by atoms with Crippen LogP contribution in [0.5, 0.6) is 5.75 Å². The van der Waals surface area contributed by atoms with Crippen LogP contribution in [0.4, 0.5) is 0 Å². The maximum Gasteiger partial charge on any atom is 0.250 e. The van der Waals surface area contributed by atoms with Crippen LogP contribution in [0, 0.1) is 11.8 Å². The zero-order valence-electron chi connectivity index (χ0n) is 24.1. The number of para-hydroxylation sites is 1. The lowest BCUT2D eigenvalue weighted by atomic mass is 9.71. The summed E-state index contributed by atoms with van der Waals surface area (Å²) in [5.41, 5.74) is 3.17. The Labute approximate surface area is 268 Å². The number of pyridine rings is 1. The normalized spacial score (nSPS) is 25.4. The van der Waals surface area contributed by atoms with Gasteiger partial charge < -0.3 is 31.0 Å². The second-order valence-corrected chi connectivity index (χ2v) is 19.6. The number of aromatic nitrogens is 1. The van der Waals surface area contributed by atoms with Gasteiger partial charge in [0.05, 0.1) is 27.6 Å². The SMILES string of the molecule is C=C[C@H]1C[N@+]2(Cc3cc(Br)c(O[Si](C)(C)C(C)(C)C)c(Br)c3)CC[C@H]1C[C@@H]2[C@@H](O)c1ccnc2ccccc12.[Br-]. The first-order valence-corrected chi connectivity index (χ1v) is 18.5. The molecule has 0 spiro atoms. The number of benzene rings is 2. The van der Waals surface area contributed by atoms with Crippen molar-refractivity contribution in [1.82, 2.24) is 4.98 Å². The van der Waals surface area contributed by atoms with E-state index in [4.69, 9.17) is 4.43 Å². The summed E-state index contributed by atoms with van der Waals surface area (Å²) in [6.07, 6.45) is 5.61. The monoisotopic (exact) mass is 750 g/mol. The molecule has 40 heavy (non-hydrogen) atoms. The van der Waals surface area contributed by atoms with Crippen molar-refractivity contribution in [1.29, 1.82) is 0 Å². The highest BCUT2D eigenvalue weighted by Crippen LogP contribution is 2.49. The number of piperidine rings is 3. The highest BCUT2D eigenvalue weighted by Gasteiger charge is 2.54. The summed E-state index contributed by atoms with van der Waals surface area (Å²) < 4.78 is 9.54. The van der Waals surface area contributed by atoms with E-state index < -0.39 is 14.4 Å². The molecule has 3 fully saturated rings. The van der Waals surface area contributed by atoms with E-state index in [1.54, 1.807) is 0 Å². The summed E-state index contributed by atoms with van der Waals surface area (Å²) >= 11 is 7.71. The van der Waals surface area contributed by atoms with Gasteiger partial charge in [-0.1, -0.05) is 45.0 Å². The Morgan fingerprint density at radius 3 is 2.50 bits per heavy atom. The van der Waals surface area contributed by atoms with Crippen LogP contribution < -0.4 is 21.4 Å². The topological polar surface area (TPSA) is 42.4 Å². The second-order valence-electron chi connectivity index (χ2n) is 13.1. The van der Waals surface area contributed by atoms with Gasteiger partial charge in [-0.25, -0.2) is 0 Å². The predicted octanol–water partition coefficient (Wildman–Crippen LogP) is 5.79. The molecule has 0 aliphatic carbocycles. The van der Waals surface area contributed by atoms with Gasteiger partial charge in [-0.05, 0) is 85.7 Å². The fraction of sp³-hybridized carbons (Fsp3) is 0.469. The van der Waals surface area contributed by atoms with E-state index in [1.165, 1.54) is 12.0 Å². The van der Waals surface area contributed by atoms with Crippen LogP contribution >= 0.6 is 31.9 Å². The first kappa shape index (κ1) is 31.9. The Balaban J connectivity index is 0.00000370. The van der Waals surface area contributed by atoms with Crippen LogP contribution in [0.2, 0.25) is 18.1 Å². The van der Waals surface area contributed by atoms with Gasteiger partial charge in [0, 0.05) is 35.9 Å². The second kappa shape index (κ2) is 11.9. The predicted molar refractivity (Wildman–Crippen MR) is 170 cm³/mol. The molecular formula is C32H41Br3N2O2Si. The zero-order chi connectivity index (χ0) is 28.2. The van der Waals surface area contributed by atoms with Gasteiger partial charge in [0.1, 0.15) is 24.4 Å². The van der Waals surface area contributed by atoms with Crippen LogP contribution in [0.1, 0.15) is 50.8 Å². The summed E-state index contributed by atoms with van der Waals surface area (Å²) in [7, 11) is -2.00. The van der Waals surface area contributed by atoms with E-state index >= 15 is 0 Å². The van der Waals surface area contributed by atoms with Gasteiger partial charge in [-0.15, -0.1) is 6.58 Å². The molecule has 3 aliphatic rings. The standard InChI is InChI=1S/C32H41Br2N2O2Si.BrH/c1-7-22-20-36(19-21-16-26(33)31(27(34)17-21)38-39(5,6)32(2,3)4)15-13-23(22)18-29(36)30(37)25-12-14-35-28-11-9-8-10-24(25)28;/h7-12,14,16-17,22-23,29-30,37H,1,13,15,18-20H2,2-6H3;1H/q+1;/p-1/t22-,23-,29+,30-,36+;/m0./s1. The molecular weight excluding hydrogens is 712 g/mol. The van der Waals surface area contributed by atoms with Gasteiger partial charge in [0.15, 0.2) is 0 Å². The lowest BCUT2D eigenvalue weighted by Crippen LogP contribution is -3.00. The number of aliphatic hydroxyl groups excluding tert-OH is 1. The summed E-state index contributed by atoms with van der Waals surface area (Å²) in [5.74, 6) is 1.95. The Morgan fingerprint density at radius 2 is 1.85 bits per heavy atom. The minimum absolute atomic E-state index is 0. The Morgan fingerprint density at radius 1 is 1.18 bits per heavy atom. The van der Waals surface area contributed by atoms with Gasteiger partial charge >= 0.3 is 0 Å². The molecule has 3 saturated heterocycles. The lowest BCUT2D eigenvalue weighted by Gasteiger charge is -2.58. The minimum Gasteiger partial charge on any atom is -1.00 e. The van der Waals surface area contributed by atoms with Crippen molar-refractivity contribution in [2.45, 2.75) is 70.4 Å². The maximum absolute atomic E-state index is 12.0. The van der Waals surface area contributed by atoms with Gasteiger partial charge in [-0.3, -0.25) is 4.98 Å². The highest BCUT2D eigenvalue weighted by molar-refractivity contribution is 9.11. The molecule has 1 N–H and O–H groups in total. The van der Waals surface area contributed by atoms with Crippen molar-refractivity contribution in [3.05, 3.63) is 81.4 Å². The Kier molecular flexibility index (Phi) is 9.51. The quantitative estimate of drug-likeness (QED) is 0.189. The van der Waals surface area contributed by atoms with Crippen molar-refractivity contribution >= 4 is 51.1 Å². The molecule has 3 aromatic rings. The molecule has 0 saturated carbocycles. The van der Waals surface area contributed by atoms with Crippen LogP contribution in [0.25, 0.3) is 10.9 Å². The fourth-order valence-electron chi connectivity index (χ4n) is 6.54. The van der Waals surface area contributed by atoms with E-state index in [-0.39, 0.29) is 28.1 Å². The number of rotatable bonds is 7. The average molecular weight is 753 g/mol. The molecule has 2 bridgehead atoms. The van der Waals surface area contributed by atoms with Crippen LogP contribution in [0.15, 0.2) is 70.3 Å². The maximum atomic E-state index is 12.0. The Hall–Kier alpha value is -1.03. The number of hydrogen-bond acceptors (Lipinski definition) is 3.